The van der Waals surface area contributed by atoms with Gasteiger partial charge in [-0.25, -0.2) is 0 Å². The second kappa shape index (κ2) is 12.3. The maximum Gasteiger partial charge on any atom is 0.253 e. The largest absolute Gasteiger partial charge is 0.378 e. The lowest BCUT2D eigenvalue weighted by molar-refractivity contribution is 0.0713. The summed E-state index contributed by atoms with van der Waals surface area (Å²) in [5.41, 5.74) is 5.59. The molecule has 0 atom stereocenters. The molecule has 1 N–H and O–H groups in total. The first-order valence-corrected chi connectivity index (χ1v) is 12.7. The van der Waals surface area contributed by atoms with E-state index in [1.165, 1.54) is 17.5 Å². The summed E-state index contributed by atoms with van der Waals surface area (Å²) in [6, 6.07) is 15.9. The molecule has 0 saturated carbocycles. The fourth-order valence-corrected chi connectivity index (χ4v) is 4.63. The number of anilines is 1. The van der Waals surface area contributed by atoms with Crippen molar-refractivity contribution in [2.75, 3.05) is 31.9 Å². The third-order valence-corrected chi connectivity index (χ3v) is 7.29. The number of nitriles is 1. The van der Waals surface area contributed by atoms with Crippen LogP contribution in [0.25, 0.3) is 0 Å². The van der Waals surface area contributed by atoms with Crippen molar-refractivity contribution in [1.29, 1.82) is 5.26 Å². The van der Waals surface area contributed by atoms with Gasteiger partial charge in [-0.3, -0.25) is 4.79 Å². The highest BCUT2D eigenvalue weighted by atomic mass is 32.2. The zero-order valence-corrected chi connectivity index (χ0v) is 21.9. The molecule has 1 heterocycles. The first-order chi connectivity index (χ1) is 16.8. The number of piperidine rings is 1. The van der Waals surface area contributed by atoms with Crippen molar-refractivity contribution in [3.63, 3.8) is 0 Å². The van der Waals surface area contributed by atoms with Gasteiger partial charge in [-0.2, -0.15) is 5.26 Å². The van der Waals surface area contributed by atoms with Crippen LogP contribution in [-0.2, 0) is 0 Å². The number of nitrogens with zero attached hydrogens (tertiary/aromatic N) is 3. The Kier molecular flexibility index (Phi) is 9.22. The van der Waals surface area contributed by atoms with E-state index in [2.05, 4.69) is 17.4 Å². The Labute approximate surface area is 213 Å². The second-order valence-electron chi connectivity index (χ2n) is 8.94. The molecule has 1 aliphatic heterocycles. The molecule has 3 rings (SSSR count). The minimum Gasteiger partial charge on any atom is -0.378 e. The van der Waals surface area contributed by atoms with Crippen LogP contribution in [0.15, 0.2) is 77.9 Å². The van der Waals surface area contributed by atoms with Crippen LogP contribution in [0.5, 0.6) is 0 Å². The summed E-state index contributed by atoms with van der Waals surface area (Å²) >= 11 is 1.52. The third kappa shape index (κ3) is 7.03. The number of allylic oxidation sites excluding steroid dienone is 3. The van der Waals surface area contributed by atoms with Gasteiger partial charge >= 0.3 is 0 Å². The smallest absolute Gasteiger partial charge is 0.253 e. The fraction of sp³-hybridized carbons (Fsp3) is 0.310. The van der Waals surface area contributed by atoms with E-state index < -0.39 is 0 Å². The van der Waals surface area contributed by atoms with E-state index in [1.807, 2.05) is 98.4 Å². The standard InChI is InChI=1S/C29H34N4OS/c1-6-27(14-8-22(3)32(4)5)35-31-28-19-26(11-7-21(28)2)29(34)33-17-15-25(16-18-33)24-12-9-23(20-30)10-13-24/h6-14,19,25,31H,3,15-18H2,1-2,4-5H3/b14-8-,27-6+. The normalized spacial score (nSPS) is 14.6. The van der Waals surface area contributed by atoms with Crippen LogP contribution in [0, 0.1) is 18.3 Å². The average molecular weight is 487 g/mol. The number of hydrogen-bond acceptors (Lipinski definition) is 5. The monoisotopic (exact) mass is 486 g/mol. The maximum absolute atomic E-state index is 13.2. The number of benzene rings is 2. The molecule has 2 aromatic rings. The van der Waals surface area contributed by atoms with Crippen LogP contribution >= 0.6 is 11.9 Å². The molecular formula is C29H34N4OS. The van der Waals surface area contributed by atoms with Crippen molar-refractivity contribution in [1.82, 2.24) is 9.80 Å². The summed E-state index contributed by atoms with van der Waals surface area (Å²) in [6.07, 6.45) is 7.92. The van der Waals surface area contributed by atoms with Gasteiger partial charge in [0.05, 0.1) is 11.6 Å². The second-order valence-corrected chi connectivity index (χ2v) is 9.82. The summed E-state index contributed by atoms with van der Waals surface area (Å²) in [5.74, 6) is 0.499. The van der Waals surface area contributed by atoms with Crippen LogP contribution < -0.4 is 4.72 Å². The van der Waals surface area contributed by atoms with Gasteiger partial charge < -0.3 is 14.5 Å². The number of carbonyl (C=O) groups is 1. The molecule has 35 heavy (non-hydrogen) atoms. The highest BCUT2D eigenvalue weighted by Crippen LogP contribution is 2.30. The zero-order valence-electron chi connectivity index (χ0n) is 21.0. The van der Waals surface area contributed by atoms with Crippen molar-refractivity contribution < 1.29 is 4.79 Å². The Hall–Kier alpha value is -3.43. The highest BCUT2D eigenvalue weighted by molar-refractivity contribution is 8.04. The van der Waals surface area contributed by atoms with Gasteiger partial charge in [0.1, 0.15) is 0 Å². The Bertz CT molecular complexity index is 1150. The van der Waals surface area contributed by atoms with Crippen LogP contribution in [0.2, 0.25) is 0 Å². The molecule has 1 aliphatic rings. The molecule has 2 aromatic carbocycles. The quantitative estimate of drug-likeness (QED) is 0.342. The van der Waals surface area contributed by atoms with Gasteiger partial charge in [-0.05, 0) is 92.1 Å². The number of likely N-dealkylation sites (tertiary alicyclic amines) is 1. The number of carbonyl (C=O) groups excluding carboxylic acids is 1. The number of aryl methyl sites for hydroxylation is 1. The van der Waals surface area contributed by atoms with E-state index in [4.69, 9.17) is 5.26 Å². The van der Waals surface area contributed by atoms with E-state index in [0.29, 0.717) is 17.0 Å². The highest BCUT2D eigenvalue weighted by Gasteiger charge is 2.25. The molecule has 0 radical (unpaired) electrons. The molecule has 0 spiro atoms. The number of hydrogen-bond donors (Lipinski definition) is 1. The van der Waals surface area contributed by atoms with E-state index in [0.717, 1.165) is 47.8 Å². The van der Waals surface area contributed by atoms with Crippen LogP contribution in [0.3, 0.4) is 0 Å². The van der Waals surface area contributed by atoms with Crippen molar-refractivity contribution >= 4 is 23.5 Å². The predicted molar refractivity (Wildman–Crippen MR) is 147 cm³/mol. The first kappa shape index (κ1) is 26.2. The summed E-state index contributed by atoms with van der Waals surface area (Å²) in [7, 11) is 3.93. The summed E-state index contributed by atoms with van der Waals surface area (Å²) in [5, 5.41) is 9.00. The van der Waals surface area contributed by atoms with Gasteiger partial charge in [0.15, 0.2) is 0 Å². The third-order valence-electron chi connectivity index (χ3n) is 6.36. The molecule has 0 unspecified atom stereocenters. The summed E-state index contributed by atoms with van der Waals surface area (Å²) in [6.45, 7) is 9.54. The number of rotatable bonds is 8. The molecular weight excluding hydrogens is 452 g/mol. The van der Waals surface area contributed by atoms with E-state index in [9.17, 15) is 4.79 Å². The summed E-state index contributed by atoms with van der Waals surface area (Å²) < 4.78 is 3.41. The Morgan fingerprint density at radius 1 is 1.17 bits per heavy atom. The molecule has 0 aromatic heterocycles. The molecule has 182 valence electrons. The Morgan fingerprint density at radius 2 is 1.86 bits per heavy atom. The number of likely N-dealkylation sites (N-methyl/N-ethyl adjacent to an activating group) is 1. The average Bonchev–Trinajstić information content (AvgIpc) is 2.89. The molecule has 5 nitrogen and oxygen atoms in total. The predicted octanol–water partition coefficient (Wildman–Crippen LogP) is 6.48. The summed E-state index contributed by atoms with van der Waals surface area (Å²) in [4.78, 5) is 18.2. The molecule has 1 fully saturated rings. The molecule has 1 amide bonds. The Morgan fingerprint density at radius 3 is 2.46 bits per heavy atom. The van der Waals surface area contributed by atoms with Crippen molar-refractivity contribution in [2.24, 2.45) is 0 Å². The SMILES string of the molecule is C=C(/C=C\C(=C/C)SNc1cc(C(=O)N2CCC(c3ccc(C#N)cc3)CC2)ccc1C)N(C)C. The van der Waals surface area contributed by atoms with E-state index in [-0.39, 0.29) is 5.91 Å². The van der Waals surface area contributed by atoms with Gasteiger partial charge in [0.25, 0.3) is 5.91 Å². The number of amides is 1. The lowest BCUT2D eigenvalue weighted by Crippen LogP contribution is -2.37. The fourth-order valence-electron chi connectivity index (χ4n) is 3.92. The zero-order chi connectivity index (χ0) is 25.4. The molecule has 6 heteroatoms. The van der Waals surface area contributed by atoms with Crippen LogP contribution in [-0.4, -0.2) is 42.9 Å². The maximum atomic E-state index is 13.2. The number of nitrogens with one attached hydrogen (secondary N) is 1. The van der Waals surface area contributed by atoms with E-state index in [1.54, 1.807) is 0 Å². The lowest BCUT2D eigenvalue weighted by atomic mass is 9.89. The van der Waals surface area contributed by atoms with Gasteiger partial charge in [-0.15, -0.1) is 0 Å². The van der Waals surface area contributed by atoms with Gasteiger partial charge in [0.2, 0.25) is 0 Å². The molecule has 0 bridgehead atoms. The molecule has 1 saturated heterocycles. The van der Waals surface area contributed by atoms with Crippen molar-refractivity contribution in [2.45, 2.75) is 32.6 Å². The van der Waals surface area contributed by atoms with Crippen LogP contribution in [0.1, 0.15) is 52.7 Å². The van der Waals surface area contributed by atoms with Gasteiger partial charge in [0, 0.05) is 49.0 Å². The van der Waals surface area contributed by atoms with Crippen LogP contribution in [0.4, 0.5) is 5.69 Å². The minimum atomic E-state index is 0.0739. The first-order valence-electron chi connectivity index (χ1n) is 11.9. The topological polar surface area (TPSA) is 59.4 Å². The minimum absolute atomic E-state index is 0.0739. The lowest BCUT2D eigenvalue weighted by Gasteiger charge is -2.32. The van der Waals surface area contributed by atoms with Gasteiger partial charge in [-0.1, -0.05) is 30.9 Å². The van der Waals surface area contributed by atoms with Crippen molar-refractivity contribution in [3.05, 3.63) is 100 Å². The van der Waals surface area contributed by atoms with E-state index >= 15 is 0 Å². The van der Waals surface area contributed by atoms with Crippen molar-refractivity contribution in [3.8, 4) is 6.07 Å². The Balaban J connectivity index is 1.61. The molecule has 0 aliphatic carbocycles.